The molecule has 0 saturated carbocycles. The van der Waals surface area contributed by atoms with Crippen LogP contribution in [0.15, 0.2) is 53.4 Å². The largest absolute Gasteiger partial charge is 0.492 e. The predicted octanol–water partition coefficient (Wildman–Crippen LogP) is 4.56. The van der Waals surface area contributed by atoms with Crippen molar-refractivity contribution in [1.29, 1.82) is 0 Å². The topological polar surface area (TPSA) is 29.5 Å². The molecular weight excluding hydrogens is 292 g/mol. The van der Waals surface area contributed by atoms with Crippen LogP contribution in [0.4, 0.5) is 0 Å². The van der Waals surface area contributed by atoms with Crippen LogP contribution >= 0.6 is 23.4 Å². The second-order valence-electron chi connectivity index (χ2n) is 4.37. The Balaban J connectivity index is 1.88. The van der Waals surface area contributed by atoms with Gasteiger partial charge in [0, 0.05) is 21.2 Å². The summed E-state index contributed by atoms with van der Waals surface area (Å²) in [6.45, 7) is 2.29. The Bertz CT molecular complexity index is 543. The molecule has 0 aliphatic heterocycles. The van der Waals surface area contributed by atoms with E-state index in [1.807, 2.05) is 18.2 Å². The van der Waals surface area contributed by atoms with Gasteiger partial charge < -0.3 is 9.84 Å². The summed E-state index contributed by atoms with van der Waals surface area (Å²) in [4.78, 5) is 1.22. The van der Waals surface area contributed by atoms with E-state index in [0.717, 1.165) is 11.3 Å². The molecule has 2 aromatic rings. The molecule has 0 aliphatic rings. The maximum Gasteiger partial charge on any atom is 0.125 e. The van der Waals surface area contributed by atoms with E-state index in [4.69, 9.17) is 16.3 Å². The Labute approximate surface area is 128 Å². The number of ether oxygens (including phenoxy) is 1. The van der Waals surface area contributed by atoms with Gasteiger partial charge in [-0.15, -0.1) is 11.8 Å². The lowest BCUT2D eigenvalue weighted by Gasteiger charge is -2.13. The monoisotopic (exact) mass is 308 g/mol. The normalized spacial score (nSPS) is 12.2. The average molecular weight is 309 g/mol. The molecule has 0 unspecified atom stereocenters. The molecule has 1 N–H and O–H groups in total. The number of benzene rings is 2. The third-order valence-electron chi connectivity index (χ3n) is 2.77. The first-order valence-electron chi connectivity index (χ1n) is 6.45. The quantitative estimate of drug-likeness (QED) is 0.626. The highest BCUT2D eigenvalue weighted by molar-refractivity contribution is 7.99. The van der Waals surface area contributed by atoms with Crippen LogP contribution in [-0.2, 0) is 0 Å². The van der Waals surface area contributed by atoms with Gasteiger partial charge in [-0.3, -0.25) is 0 Å². The van der Waals surface area contributed by atoms with Gasteiger partial charge in [-0.05, 0) is 37.3 Å². The highest BCUT2D eigenvalue weighted by Crippen LogP contribution is 2.28. The molecule has 20 heavy (non-hydrogen) atoms. The third kappa shape index (κ3) is 4.44. The van der Waals surface area contributed by atoms with Gasteiger partial charge in [0.15, 0.2) is 0 Å². The zero-order valence-corrected chi connectivity index (χ0v) is 12.8. The minimum Gasteiger partial charge on any atom is -0.492 e. The first kappa shape index (κ1) is 15.2. The molecule has 2 rings (SSSR count). The zero-order valence-electron chi connectivity index (χ0n) is 11.3. The summed E-state index contributed by atoms with van der Waals surface area (Å²) in [6.07, 6.45) is -0.592. The molecule has 0 saturated heterocycles. The first-order chi connectivity index (χ1) is 9.66. The fraction of sp³-hybridized carbons (Fsp3) is 0.250. The lowest BCUT2D eigenvalue weighted by molar-refractivity contribution is 0.192. The maximum absolute atomic E-state index is 9.72. The van der Waals surface area contributed by atoms with Crippen LogP contribution in [0.1, 0.15) is 18.6 Å². The van der Waals surface area contributed by atoms with Crippen molar-refractivity contribution in [3.63, 3.8) is 0 Å². The Hall–Kier alpha value is -1.16. The summed E-state index contributed by atoms with van der Waals surface area (Å²) >= 11 is 7.67. The summed E-state index contributed by atoms with van der Waals surface area (Å²) < 4.78 is 5.74. The number of aliphatic hydroxyl groups is 1. The molecule has 0 radical (unpaired) electrons. The number of hydrogen-bond donors (Lipinski definition) is 1. The minimum absolute atomic E-state index is 0.584. The van der Waals surface area contributed by atoms with Gasteiger partial charge in [0.2, 0.25) is 0 Å². The average Bonchev–Trinajstić information content (AvgIpc) is 2.45. The Morgan fingerprint density at radius 2 is 1.95 bits per heavy atom. The summed E-state index contributed by atoms with van der Waals surface area (Å²) in [7, 11) is 0. The molecule has 0 heterocycles. The van der Waals surface area contributed by atoms with Crippen molar-refractivity contribution in [3.8, 4) is 5.75 Å². The van der Waals surface area contributed by atoms with Gasteiger partial charge in [-0.1, -0.05) is 29.8 Å². The molecular formula is C16H17ClO2S. The van der Waals surface area contributed by atoms with Crippen LogP contribution in [0.2, 0.25) is 5.02 Å². The molecule has 2 aromatic carbocycles. The third-order valence-corrected chi connectivity index (χ3v) is 3.99. The Kier molecular flexibility index (Phi) is 5.77. The predicted molar refractivity (Wildman–Crippen MR) is 84.7 cm³/mol. The van der Waals surface area contributed by atoms with Gasteiger partial charge in [0.05, 0.1) is 12.7 Å². The summed E-state index contributed by atoms with van der Waals surface area (Å²) in [5.41, 5.74) is 0.724. The molecule has 0 aromatic heterocycles. The summed E-state index contributed by atoms with van der Waals surface area (Å²) in [6, 6.07) is 15.5. The fourth-order valence-corrected chi connectivity index (χ4v) is 2.74. The highest BCUT2D eigenvalue weighted by atomic mass is 35.5. The number of aliphatic hydroxyl groups excluding tert-OH is 1. The van der Waals surface area contributed by atoms with E-state index >= 15 is 0 Å². The van der Waals surface area contributed by atoms with Crippen molar-refractivity contribution in [3.05, 3.63) is 59.1 Å². The van der Waals surface area contributed by atoms with Gasteiger partial charge in [-0.2, -0.15) is 0 Å². The molecule has 0 aliphatic carbocycles. The van der Waals surface area contributed by atoms with Crippen molar-refractivity contribution in [2.45, 2.75) is 17.9 Å². The van der Waals surface area contributed by atoms with Crippen molar-refractivity contribution >= 4 is 23.4 Å². The molecule has 0 amide bonds. The van der Waals surface area contributed by atoms with E-state index in [9.17, 15) is 5.11 Å². The lowest BCUT2D eigenvalue weighted by Crippen LogP contribution is -2.04. The molecule has 106 valence electrons. The zero-order chi connectivity index (χ0) is 14.4. The van der Waals surface area contributed by atoms with Crippen LogP contribution in [0, 0.1) is 0 Å². The van der Waals surface area contributed by atoms with E-state index in [1.54, 1.807) is 36.9 Å². The van der Waals surface area contributed by atoms with Crippen LogP contribution in [0.25, 0.3) is 0 Å². The van der Waals surface area contributed by atoms with E-state index in [1.165, 1.54) is 4.90 Å². The molecule has 0 fully saturated rings. The molecule has 2 nitrogen and oxygen atoms in total. The van der Waals surface area contributed by atoms with Crippen LogP contribution in [-0.4, -0.2) is 17.5 Å². The van der Waals surface area contributed by atoms with E-state index < -0.39 is 6.10 Å². The van der Waals surface area contributed by atoms with Crippen LogP contribution in [0.5, 0.6) is 5.75 Å². The first-order valence-corrected chi connectivity index (χ1v) is 7.81. The standard InChI is InChI=1S/C16H17ClO2S/c1-12(18)15-11-13(17)7-8-16(15)19-9-10-20-14-5-3-2-4-6-14/h2-8,11-12,18H,9-10H2,1H3/t12-/m0/s1. The van der Waals surface area contributed by atoms with Crippen LogP contribution in [0.3, 0.4) is 0 Å². The van der Waals surface area contributed by atoms with Crippen LogP contribution < -0.4 is 4.74 Å². The summed E-state index contributed by atoms with van der Waals surface area (Å²) in [5, 5.41) is 10.3. The Morgan fingerprint density at radius 3 is 2.65 bits per heavy atom. The smallest absolute Gasteiger partial charge is 0.125 e. The van der Waals surface area contributed by atoms with E-state index in [-0.39, 0.29) is 0 Å². The maximum atomic E-state index is 9.72. The fourth-order valence-electron chi connectivity index (χ4n) is 1.81. The SMILES string of the molecule is C[C@H](O)c1cc(Cl)ccc1OCCSc1ccccc1. The van der Waals surface area contributed by atoms with E-state index in [2.05, 4.69) is 12.1 Å². The molecule has 0 spiro atoms. The van der Waals surface area contributed by atoms with E-state index in [0.29, 0.717) is 17.4 Å². The van der Waals surface area contributed by atoms with Crippen molar-refractivity contribution in [1.82, 2.24) is 0 Å². The number of halogens is 1. The van der Waals surface area contributed by atoms with Gasteiger partial charge in [-0.25, -0.2) is 0 Å². The summed E-state index contributed by atoms with van der Waals surface area (Å²) in [5.74, 6) is 1.55. The van der Waals surface area contributed by atoms with Gasteiger partial charge in [0.1, 0.15) is 5.75 Å². The highest BCUT2D eigenvalue weighted by Gasteiger charge is 2.09. The molecule has 1 atom stereocenters. The van der Waals surface area contributed by atoms with Gasteiger partial charge in [0.25, 0.3) is 0 Å². The van der Waals surface area contributed by atoms with Crippen molar-refractivity contribution in [2.75, 3.05) is 12.4 Å². The molecule has 4 heteroatoms. The van der Waals surface area contributed by atoms with Crippen molar-refractivity contribution < 1.29 is 9.84 Å². The molecule has 0 bridgehead atoms. The van der Waals surface area contributed by atoms with Crippen molar-refractivity contribution in [2.24, 2.45) is 0 Å². The lowest BCUT2D eigenvalue weighted by atomic mass is 10.1. The second kappa shape index (κ2) is 7.58. The van der Waals surface area contributed by atoms with Gasteiger partial charge >= 0.3 is 0 Å². The number of thioether (sulfide) groups is 1. The minimum atomic E-state index is -0.592. The number of rotatable bonds is 6. The number of hydrogen-bond acceptors (Lipinski definition) is 3. The Morgan fingerprint density at radius 1 is 1.20 bits per heavy atom. The second-order valence-corrected chi connectivity index (χ2v) is 5.97.